The first-order chi connectivity index (χ1) is 18.1. The van der Waals surface area contributed by atoms with Crippen LogP contribution >= 0.6 is 11.3 Å². The average molecular weight is 513 g/mol. The van der Waals surface area contributed by atoms with Crippen LogP contribution in [0.25, 0.3) is 15.8 Å². The quantitative estimate of drug-likeness (QED) is 0.393. The Morgan fingerprint density at radius 2 is 2.00 bits per heavy atom. The number of pyridine rings is 2. The van der Waals surface area contributed by atoms with Gasteiger partial charge in [0.05, 0.1) is 41.4 Å². The maximum absolute atomic E-state index is 6.35. The number of nitrogens with one attached hydrogen (secondary N) is 1. The second kappa shape index (κ2) is 8.53. The first-order valence-electron chi connectivity index (χ1n) is 12.2. The Morgan fingerprint density at radius 1 is 1.08 bits per heavy atom. The van der Waals surface area contributed by atoms with Crippen molar-refractivity contribution in [3.8, 4) is 11.5 Å². The third kappa shape index (κ3) is 3.71. The molecule has 0 saturated heterocycles. The zero-order valence-corrected chi connectivity index (χ0v) is 21.0. The Bertz CT molecular complexity index is 1610. The minimum absolute atomic E-state index is 0.163. The van der Waals surface area contributed by atoms with Gasteiger partial charge in [-0.05, 0) is 49.2 Å². The zero-order chi connectivity index (χ0) is 25.0. The number of thiazole rings is 1. The van der Waals surface area contributed by atoms with Gasteiger partial charge < -0.3 is 25.3 Å². The molecule has 10 heteroatoms. The summed E-state index contributed by atoms with van der Waals surface area (Å²) in [5, 5.41) is 4.46. The molecule has 6 heterocycles. The Labute approximate surface area is 217 Å². The fourth-order valence-corrected chi connectivity index (χ4v) is 6.05. The summed E-state index contributed by atoms with van der Waals surface area (Å²) in [6, 6.07) is 10.2. The van der Waals surface area contributed by atoms with Gasteiger partial charge in [-0.2, -0.15) is 0 Å². The molecule has 3 aliphatic heterocycles. The number of benzene rings is 1. The molecule has 0 radical (unpaired) electrons. The number of nitrogens with two attached hydrogens (primary N) is 1. The number of fused-ring (bicyclic) bond motifs is 5. The van der Waals surface area contributed by atoms with Crippen LogP contribution in [0.15, 0.2) is 53.8 Å². The Hall–Kier alpha value is -4.02. The molecule has 0 aliphatic carbocycles. The lowest BCUT2D eigenvalue weighted by molar-refractivity contribution is 0.161. The summed E-state index contributed by atoms with van der Waals surface area (Å²) in [6.07, 6.45) is 7.09. The van der Waals surface area contributed by atoms with Gasteiger partial charge in [-0.15, -0.1) is 11.3 Å². The first-order valence-corrected chi connectivity index (χ1v) is 13.0. The van der Waals surface area contributed by atoms with Gasteiger partial charge in [0.25, 0.3) is 6.02 Å². The van der Waals surface area contributed by atoms with Crippen molar-refractivity contribution in [2.75, 3.05) is 25.1 Å². The molecule has 3 N–H and O–H groups in total. The van der Waals surface area contributed by atoms with Crippen molar-refractivity contribution in [2.45, 2.75) is 25.3 Å². The normalized spacial score (nSPS) is 20.4. The van der Waals surface area contributed by atoms with Gasteiger partial charge >= 0.3 is 0 Å². The SMILES string of the molecule is Cc1nc2c(Nc3ccc4c(c3)[C@@]3(CCOC(N)=N3)c3cc(C5=CCOCC5)ncc3O4)nccc2s1. The summed E-state index contributed by atoms with van der Waals surface area (Å²) in [7, 11) is 0. The molecule has 1 atom stereocenters. The van der Waals surface area contributed by atoms with E-state index in [-0.39, 0.29) is 6.02 Å². The highest BCUT2D eigenvalue weighted by Crippen LogP contribution is 2.53. The highest BCUT2D eigenvalue weighted by Gasteiger charge is 2.45. The molecule has 0 unspecified atom stereocenters. The van der Waals surface area contributed by atoms with Gasteiger partial charge in [0.1, 0.15) is 16.8 Å². The van der Waals surface area contributed by atoms with Gasteiger partial charge in [-0.3, -0.25) is 4.98 Å². The molecule has 3 aliphatic rings. The molecule has 9 nitrogen and oxygen atoms in total. The third-order valence-electron chi connectivity index (χ3n) is 6.94. The molecule has 186 valence electrons. The molecule has 4 aromatic rings. The number of hydrogen-bond acceptors (Lipinski definition) is 10. The predicted molar refractivity (Wildman–Crippen MR) is 143 cm³/mol. The molecular weight excluding hydrogens is 488 g/mol. The molecule has 0 bridgehead atoms. The van der Waals surface area contributed by atoms with Crippen molar-refractivity contribution in [3.63, 3.8) is 0 Å². The topological polar surface area (TPSA) is 117 Å². The van der Waals surface area contributed by atoms with E-state index in [4.69, 9.17) is 29.9 Å². The van der Waals surface area contributed by atoms with Crippen molar-refractivity contribution in [3.05, 3.63) is 70.6 Å². The monoisotopic (exact) mass is 512 g/mol. The van der Waals surface area contributed by atoms with Crippen LogP contribution in [0.3, 0.4) is 0 Å². The van der Waals surface area contributed by atoms with Gasteiger partial charge in [-0.1, -0.05) is 6.08 Å². The van der Waals surface area contributed by atoms with Gasteiger partial charge in [0, 0.05) is 29.4 Å². The number of amidine groups is 1. The molecule has 3 aromatic heterocycles. The Balaban J connectivity index is 1.35. The minimum Gasteiger partial charge on any atom is -0.465 e. The summed E-state index contributed by atoms with van der Waals surface area (Å²) in [6.45, 7) is 3.71. The number of hydrogen-bond donors (Lipinski definition) is 2. The highest BCUT2D eigenvalue weighted by molar-refractivity contribution is 7.18. The van der Waals surface area contributed by atoms with Crippen LogP contribution in [0.5, 0.6) is 11.5 Å². The van der Waals surface area contributed by atoms with E-state index in [2.05, 4.69) is 33.5 Å². The summed E-state index contributed by atoms with van der Waals surface area (Å²) in [5.41, 5.74) is 11.0. The van der Waals surface area contributed by atoms with E-state index in [1.807, 2.05) is 25.1 Å². The molecule has 37 heavy (non-hydrogen) atoms. The number of aromatic nitrogens is 3. The van der Waals surface area contributed by atoms with E-state index in [0.717, 1.165) is 49.7 Å². The molecule has 7 rings (SSSR count). The van der Waals surface area contributed by atoms with Crippen molar-refractivity contribution >= 4 is 44.7 Å². The van der Waals surface area contributed by atoms with E-state index in [1.165, 1.54) is 0 Å². The first kappa shape index (κ1) is 22.2. The van der Waals surface area contributed by atoms with Crippen LogP contribution in [0.2, 0.25) is 0 Å². The Kier molecular flexibility index (Phi) is 5.12. The largest absolute Gasteiger partial charge is 0.465 e. The number of anilines is 2. The number of aryl methyl sites for hydroxylation is 1. The van der Waals surface area contributed by atoms with Crippen LogP contribution in [0.4, 0.5) is 11.5 Å². The molecule has 1 aromatic carbocycles. The fraction of sp³-hybridized carbons (Fsp3) is 0.259. The smallest absolute Gasteiger partial charge is 0.283 e. The second-order valence-electron chi connectivity index (χ2n) is 9.21. The molecular formula is C27H24N6O3S. The number of ether oxygens (including phenoxy) is 3. The van der Waals surface area contributed by atoms with Crippen LogP contribution in [0, 0.1) is 6.92 Å². The van der Waals surface area contributed by atoms with Crippen LogP contribution < -0.4 is 15.8 Å². The average Bonchev–Trinajstić information content (AvgIpc) is 3.31. The van der Waals surface area contributed by atoms with Gasteiger partial charge in [0.15, 0.2) is 11.6 Å². The van der Waals surface area contributed by atoms with E-state index in [1.54, 1.807) is 23.7 Å². The lowest BCUT2D eigenvalue weighted by Crippen LogP contribution is -2.38. The number of aliphatic imine (C=N–C) groups is 1. The summed E-state index contributed by atoms with van der Waals surface area (Å²) in [5.74, 6) is 2.10. The van der Waals surface area contributed by atoms with E-state index in [9.17, 15) is 0 Å². The highest BCUT2D eigenvalue weighted by atomic mass is 32.1. The zero-order valence-electron chi connectivity index (χ0n) is 20.2. The van der Waals surface area contributed by atoms with Gasteiger partial charge in [0.2, 0.25) is 0 Å². The number of rotatable bonds is 3. The number of nitrogens with zero attached hydrogens (tertiary/aromatic N) is 4. The predicted octanol–water partition coefficient (Wildman–Crippen LogP) is 5.03. The lowest BCUT2D eigenvalue weighted by Gasteiger charge is -2.39. The molecule has 1 spiro atoms. The maximum Gasteiger partial charge on any atom is 0.283 e. The molecule has 0 saturated carbocycles. The standard InChI is InChI=1S/C27H24N6O3S/c1-15-31-24-23(37-15)4-8-29-25(24)32-17-2-3-21-18(12-17)27(7-11-35-26(28)33-27)19-13-20(30-14-22(19)36-21)16-5-9-34-10-6-16/h2-5,8,12-14H,6-7,9-11H2,1H3,(H2,28,33)(H,29,32)/t27-/m0/s1. The molecule has 0 fully saturated rings. The van der Waals surface area contributed by atoms with Crippen molar-refractivity contribution in [2.24, 2.45) is 10.7 Å². The van der Waals surface area contributed by atoms with E-state index >= 15 is 0 Å². The van der Waals surface area contributed by atoms with Crippen LogP contribution in [-0.2, 0) is 15.0 Å². The van der Waals surface area contributed by atoms with Crippen molar-refractivity contribution < 1.29 is 14.2 Å². The third-order valence-corrected chi connectivity index (χ3v) is 7.88. The van der Waals surface area contributed by atoms with Crippen LogP contribution in [0.1, 0.15) is 34.7 Å². The minimum atomic E-state index is -0.761. The summed E-state index contributed by atoms with van der Waals surface area (Å²) < 4.78 is 18.5. The molecule has 0 amide bonds. The van der Waals surface area contributed by atoms with Crippen molar-refractivity contribution in [1.82, 2.24) is 15.0 Å². The van der Waals surface area contributed by atoms with E-state index in [0.29, 0.717) is 43.6 Å². The maximum atomic E-state index is 6.35. The van der Waals surface area contributed by atoms with Crippen molar-refractivity contribution in [1.29, 1.82) is 0 Å². The Morgan fingerprint density at radius 3 is 2.86 bits per heavy atom. The summed E-state index contributed by atoms with van der Waals surface area (Å²) >= 11 is 1.65. The van der Waals surface area contributed by atoms with Gasteiger partial charge in [-0.25, -0.2) is 15.0 Å². The lowest BCUT2D eigenvalue weighted by atomic mass is 9.77. The van der Waals surface area contributed by atoms with Crippen LogP contribution in [-0.4, -0.2) is 40.8 Å². The summed E-state index contributed by atoms with van der Waals surface area (Å²) in [4.78, 5) is 18.8. The van der Waals surface area contributed by atoms with E-state index < -0.39 is 5.54 Å². The second-order valence-corrected chi connectivity index (χ2v) is 10.4. The fourth-order valence-electron chi connectivity index (χ4n) is 5.23.